The highest BCUT2D eigenvalue weighted by Gasteiger charge is 2.19. The van der Waals surface area contributed by atoms with Gasteiger partial charge in [-0.25, -0.2) is 0 Å². The van der Waals surface area contributed by atoms with Crippen molar-refractivity contribution in [3.63, 3.8) is 0 Å². The molecular weight excluding hydrogens is 308 g/mol. The molecule has 1 aromatic carbocycles. The van der Waals surface area contributed by atoms with Gasteiger partial charge in [0.15, 0.2) is 0 Å². The van der Waals surface area contributed by atoms with E-state index in [4.69, 9.17) is 0 Å². The van der Waals surface area contributed by atoms with Crippen molar-refractivity contribution >= 4 is 0 Å². The Kier molecular flexibility index (Phi) is 6.27. The fourth-order valence-corrected chi connectivity index (χ4v) is 3.70. The Morgan fingerprint density at radius 2 is 1.92 bits per heavy atom. The minimum absolute atomic E-state index is 0.578. The molecule has 0 bridgehead atoms. The van der Waals surface area contributed by atoms with Crippen LogP contribution in [0.25, 0.3) is 0 Å². The van der Waals surface area contributed by atoms with Gasteiger partial charge in [-0.1, -0.05) is 38.1 Å². The Morgan fingerprint density at radius 1 is 1.16 bits per heavy atom. The monoisotopic (exact) mass is 340 g/mol. The number of hydrogen-bond donors (Lipinski definition) is 1. The van der Waals surface area contributed by atoms with Crippen LogP contribution in [0.5, 0.6) is 0 Å². The van der Waals surface area contributed by atoms with Crippen LogP contribution >= 0.6 is 0 Å². The van der Waals surface area contributed by atoms with Crippen molar-refractivity contribution in [3.05, 3.63) is 53.3 Å². The van der Waals surface area contributed by atoms with E-state index >= 15 is 0 Å². The maximum absolute atomic E-state index is 4.24. The standard InChI is InChI=1S/C21H32N4/c1-17(2)11-18-6-8-19(9-7-18)15-25-10-4-5-21(16-25)22-12-20-13-23-24(3)14-20/h6-9,13-14,17,21-22H,4-5,10-12,15-16H2,1-3H3/t21-/m1/s1. The van der Waals surface area contributed by atoms with E-state index in [1.165, 1.54) is 42.5 Å². The highest BCUT2D eigenvalue weighted by molar-refractivity contribution is 5.23. The largest absolute Gasteiger partial charge is 0.309 e. The van der Waals surface area contributed by atoms with Crippen LogP contribution in [-0.2, 0) is 26.6 Å². The molecule has 0 saturated carbocycles. The second kappa shape index (κ2) is 8.63. The molecule has 4 nitrogen and oxygen atoms in total. The van der Waals surface area contributed by atoms with Gasteiger partial charge in [0.25, 0.3) is 0 Å². The molecule has 1 atom stereocenters. The van der Waals surface area contributed by atoms with Crippen molar-refractivity contribution < 1.29 is 0 Å². The van der Waals surface area contributed by atoms with Crippen molar-refractivity contribution in [2.45, 2.75) is 52.2 Å². The predicted molar refractivity (Wildman–Crippen MR) is 103 cm³/mol. The Morgan fingerprint density at radius 3 is 2.60 bits per heavy atom. The van der Waals surface area contributed by atoms with Crippen molar-refractivity contribution in [1.29, 1.82) is 0 Å². The lowest BCUT2D eigenvalue weighted by Crippen LogP contribution is -2.44. The van der Waals surface area contributed by atoms with Gasteiger partial charge in [-0.3, -0.25) is 9.58 Å². The summed E-state index contributed by atoms with van der Waals surface area (Å²) in [6.45, 7) is 8.87. The van der Waals surface area contributed by atoms with E-state index in [9.17, 15) is 0 Å². The minimum atomic E-state index is 0.578. The number of hydrogen-bond acceptors (Lipinski definition) is 3. The SMILES string of the molecule is CC(C)Cc1ccc(CN2CCC[C@@H](NCc3cnn(C)c3)C2)cc1. The molecule has 1 aliphatic heterocycles. The van der Waals surface area contributed by atoms with Crippen LogP contribution < -0.4 is 5.32 Å². The van der Waals surface area contributed by atoms with Gasteiger partial charge in [-0.15, -0.1) is 0 Å². The van der Waals surface area contributed by atoms with Crippen molar-refractivity contribution in [3.8, 4) is 0 Å². The summed E-state index contributed by atoms with van der Waals surface area (Å²) in [7, 11) is 1.97. The van der Waals surface area contributed by atoms with E-state index in [0.29, 0.717) is 6.04 Å². The van der Waals surface area contributed by atoms with E-state index in [1.54, 1.807) is 0 Å². The summed E-state index contributed by atoms with van der Waals surface area (Å²) in [6, 6.07) is 9.80. The summed E-state index contributed by atoms with van der Waals surface area (Å²) in [6.07, 6.45) is 7.75. The van der Waals surface area contributed by atoms with Gasteiger partial charge in [0.05, 0.1) is 6.20 Å². The molecule has 1 aromatic heterocycles. The quantitative estimate of drug-likeness (QED) is 0.839. The maximum Gasteiger partial charge on any atom is 0.0534 e. The van der Waals surface area contributed by atoms with Crippen molar-refractivity contribution in [2.75, 3.05) is 13.1 Å². The van der Waals surface area contributed by atoms with Crippen LogP contribution in [0, 0.1) is 5.92 Å². The number of aromatic nitrogens is 2. The van der Waals surface area contributed by atoms with Gasteiger partial charge in [0.1, 0.15) is 0 Å². The van der Waals surface area contributed by atoms with E-state index in [2.05, 4.69) is 59.6 Å². The lowest BCUT2D eigenvalue weighted by atomic mass is 10.0. The second-order valence-corrected chi connectivity index (χ2v) is 7.89. The molecule has 0 amide bonds. The predicted octanol–water partition coefficient (Wildman–Crippen LogP) is 3.37. The molecule has 1 saturated heterocycles. The van der Waals surface area contributed by atoms with E-state index in [1.807, 2.05) is 17.9 Å². The zero-order valence-electron chi connectivity index (χ0n) is 15.9. The van der Waals surface area contributed by atoms with Crippen LogP contribution in [0.4, 0.5) is 0 Å². The third kappa shape index (κ3) is 5.68. The second-order valence-electron chi connectivity index (χ2n) is 7.89. The highest BCUT2D eigenvalue weighted by atomic mass is 15.2. The van der Waals surface area contributed by atoms with E-state index in [0.717, 1.165) is 25.6 Å². The number of nitrogens with zero attached hydrogens (tertiary/aromatic N) is 3. The highest BCUT2D eigenvalue weighted by Crippen LogP contribution is 2.16. The molecule has 1 N–H and O–H groups in total. The molecule has 1 fully saturated rings. The number of likely N-dealkylation sites (tertiary alicyclic amines) is 1. The number of aryl methyl sites for hydroxylation is 1. The molecule has 2 heterocycles. The van der Waals surface area contributed by atoms with Crippen molar-refractivity contribution in [1.82, 2.24) is 20.0 Å². The van der Waals surface area contributed by atoms with Crippen LogP contribution in [0.1, 0.15) is 43.4 Å². The Balaban J connectivity index is 1.47. The average molecular weight is 341 g/mol. The molecule has 136 valence electrons. The summed E-state index contributed by atoms with van der Waals surface area (Å²) >= 11 is 0. The van der Waals surface area contributed by atoms with Crippen LogP contribution in [-0.4, -0.2) is 33.8 Å². The number of nitrogens with one attached hydrogen (secondary N) is 1. The zero-order valence-corrected chi connectivity index (χ0v) is 15.9. The summed E-state index contributed by atoms with van der Waals surface area (Å²) in [5.74, 6) is 0.722. The first-order chi connectivity index (χ1) is 12.1. The van der Waals surface area contributed by atoms with Crippen LogP contribution in [0.3, 0.4) is 0 Å². The van der Waals surface area contributed by atoms with E-state index in [-0.39, 0.29) is 0 Å². The molecule has 2 aromatic rings. The molecule has 1 aliphatic rings. The molecule has 0 radical (unpaired) electrons. The first kappa shape index (κ1) is 18.2. The van der Waals surface area contributed by atoms with E-state index < -0.39 is 0 Å². The molecule has 0 spiro atoms. The number of piperidine rings is 1. The van der Waals surface area contributed by atoms with Gasteiger partial charge in [0, 0.05) is 44.5 Å². The van der Waals surface area contributed by atoms with Gasteiger partial charge < -0.3 is 5.32 Å². The zero-order chi connectivity index (χ0) is 17.6. The minimum Gasteiger partial charge on any atom is -0.309 e. The number of rotatable bonds is 7. The smallest absolute Gasteiger partial charge is 0.0534 e. The molecule has 4 heteroatoms. The third-order valence-electron chi connectivity index (χ3n) is 4.93. The first-order valence-corrected chi connectivity index (χ1v) is 9.59. The van der Waals surface area contributed by atoms with Gasteiger partial charge >= 0.3 is 0 Å². The Bertz CT molecular complexity index is 644. The molecule has 0 unspecified atom stereocenters. The van der Waals surface area contributed by atoms with Crippen LogP contribution in [0.15, 0.2) is 36.7 Å². The van der Waals surface area contributed by atoms with Gasteiger partial charge in [-0.2, -0.15) is 5.10 Å². The van der Waals surface area contributed by atoms with Crippen molar-refractivity contribution in [2.24, 2.45) is 13.0 Å². The topological polar surface area (TPSA) is 33.1 Å². The summed E-state index contributed by atoms with van der Waals surface area (Å²) in [5.41, 5.74) is 4.15. The molecule has 25 heavy (non-hydrogen) atoms. The lowest BCUT2D eigenvalue weighted by Gasteiger charge is -2.33. The van der Waals surface area contributed by atoms with Gasteiger partial charge in [0.2, 0.25) is 0 Å². The Labute approximate surface area is 152 Å². The van der Waals surface area contributed by atoms with Gasteiger partial charge in [-0.05, 0) is 42.9 Å². The third-order valence-corrected chi connectivity index (χ3v) is 4.93. The summed E-state index contributed by atoms with van der Waals surface area (Å²) in [4.78, 5) is 2.59. The molecule has 0 aliphatic carbocycles. The normalized spacial score (nSPS) is 18.8. The Hall–Kier alpha value is -1.65. The first-order valence-electron chi connectivity index (χ1n) is 9.59. The molecular formula is C21H32N4. The van der Waals surface area contributed by atoms with Crippen LogP contribution in [0.2, 0.25) is 0 Å². The fraction of sp³-hybridized carbons (Fsp3) is 0.571. The fourth-order valence-electron chi connectivity index (χ4n) is 3.70. The molecule has 3 rings (SSSR count). The lowest BCUT2D eigenvalue weighted by molar-refractivity contribution is 0.182. The summed E-state index contributed by atoms with van der Waals surface area (Å²) < 4.78 is 1.87. The average Bonchev–Trinajstić information content (AvgIpc) is 3.00. The maximum atomic E-state index is 4.24. The summed E-state index contributed by atoms with van der Waals surface area (Å²) in [5, 5.41) is 7.94. The number of benzene rings is 1.